The van der Waals surface area contributed by atoms with Crippen LogP contribution in [0.2, 0.25) is 0 Å². The van der Waals surface area contributed by atoms with Gasteiger partial charge in [-0.15, -0.1) is 0 Å². The third-order valence-corrected chi connectivity index (χ3v) is 5.55. The highest BCUT2D eigenvalue weighted by Crippen LogP contribution is 2.44. The fraction of sp³-hybridized carbons (Fsp3) is 1.00. The Bertz CT molecular complexity index is 353. The number of phosphoric acid groups is 1. The largest absolute Gasteiger partial charge is 0.474 e. The second-order valence-electron chi connectivity index (χ2n) is 7.17. The van der Waals surface area contributed by atoms with Gasteiger partial charge in [0, 0.05) is 0 Å². The van der Waals surface area contributed by atoms with E-state index in [1.54, 1.807) is 0 Å². The molecule has 0 amide bonds. The average Bonchev–Trinajstić information content (AvgIpc) is 2.62. The summed E-state index contributed by atoms with van der Waals surface area (Å²) in [7, 11) is -4.08. The maximum absolute atomic E-state index is 11.7. The first-order valence-corrected chi connectivity index (χ1v) is 12.4. The molecule has 0 heterocycles. The minimum absolute atomic E-state index is 0.0557. The van der Waals surface area contributed by atoms with Crippen molar-refractivity contribution in [1.82, 2.24) is 0 Å². The van der Waals surface area contributed by atoms with E-state index in [1.807, 2.05) is 0 Å². The molecule has 0 rings (SSSR count). The van der Waals surface area contributed by atoms with E-state index in [0.29, 0.717) is 0 Å². The zero-order valence-corrected chi connectivity index (χ0v) is 18.5. The van der Waals surface area contributed by atoms with E-state index in [2.05, 4.69) is 6.92 Å². The Morgan fingerprint density at radius 1 is 0.778 bits per heavy atom. The fourth-order valence-electron chi connectivity index (χ4n) is 2.94. The van der Waals surface area contributed by atoms with E-state index in [4.69, 9.17) is 18.9 Å². The molecule has 0 spiro atoms. The maximum atomic E-state index is 11.7. The lowest BCUT2D eigenvalue weighted by molar-refractivity contribution is -0.0908. The molecule has 6 nitrogen and oxygen atoms in total. The van der Waals surface area contributed by atoms with Crippen molar-refractivity contribution >= 4 is 7.82 Å². The molecule has 0 fully saturated rings. The van der Waals surface area contributed by atoms with Gasteiger partial charge in [0.1, 0.15) is 0 Å². The van der Waals surface area contributed by atoms with Crippen LogP contribution >= 0.6 is 7.82 Å². The molecule has 0 saturated carbocycles. The fourth-order valence-corrected chi connectivity index (χ4v) is 3.80. The SMILES string of the molecule is CCCCCCCCCCCCCCCCOP(=O)(O)OC(C)OCCO. The van der Waals surface area contributed by atoms with E-state index in [0.717, 1.165) is 19.3 Å². The Balaban J connectivity index is 3.33. The second-order valence-corrected chi connectivity index (χ2v) is 8.57. The zero-order chi connectivity index (χ0) is 20.2. The lowest BCUT2D eigenvalue weighted by Crippen LogP contribution is -2.15. The quantitative estimate of drug-likeness (QED) is 0.138. The van der Waals surface area contributed by atoms with Gasteiger partial charge >= 0.3 is 7.82 Å². The normalized spacial score (nSPS) is 15.0. The summed E-state index contributed by atoms with van der Waals surface area (Å²) in [6, 6.07) is 0. The number of hydrogen-bond donors (Lipinski definition) is 2. The molecule has 7 heteroatoms. The van der Waals surface area contributed by atoms with Gasteiger partial charge in [-0.1, -0.05) is 90.4 Å². The van der Waals surface area contributed by atoms with Crippen LogP contribution in [0.25, 0.3) is 0 Å². The predicted molar refractivity (Wildman–Crippen MR) is 110 cm³/mol. The van der Waals surface area contributed by atoms with Crippen molar-refractivity contribution in [2.75, 3.05) is 19.8 Å². The number of phosphoric ester groups is 1. The van der Waals surface area contributed by atoms with E-state index in [-0.39, 0.29) is 19.8 Å². The second kappa shape index (κ2) is 19.4. The minimum Gasteiger partial charge on any atom is -0.394 e. The minimum atomic E-state index is -4.08. The molecule has 0 aromatic carbocycles. The summed E-state index contributed by atoms with van der Waals surface area (Å²) in [6.07, 6.45) is 16.8. The van der Waals surface area contributed by atoms with Gasteiger partial charge in [0.2, 0.25) is 0 Å². The average molecular weight is 411 g/mol. The summed E-state index contributed by atoms with van der Waals surface area (Å²) in [5, 5.41) is 8.62. The standard InChI is InChI=1S/C20H43O6P/c1-3-4-5-6-7-8-9-10-11-12-13-14-15-16-18-25-27(22,23)26-20(2)24-19-17-21/h20-21H,3-19H2,1-2H3,(H,22,23). The van der Waals surface area contributed by atoms with Crippen molar-refractivity contribution in [2.24, 2.45) is 0 Å². The first-order chi connectivity index (χ1) is 13.0. The smallest absolute Gasteiger partial charge is 0.394 e. The molecular formula is C20H43O6P. The molecule has 0 aliphatic carbocycles. The van der Waals surface area contributed by atoms with Crippen LogP contribution in [0.5, 0.6) is 0 Å². The number of rotatable bonds is 21. The van der Waals surface area contributed by atoms with Crippen molar-refractivity contribution in [3.8, 4) is 0 Å². The predicted octanol–water partition coefficient (Wildman–Crippen LogP) is 5.96. The molecule has 0 radical (unpaired) electrons. The van der Waals surface area contributed by atoms with E-state index in [9.17, 15) is 9.46 Å². The molecule has 2 atom stereocenters. The van der Waals surface area contributed by atoms with Crippen molar-refractivity contribution in [3.63, 3.8) is 0 Å². The molecule has 0 aliphatic rings. The van der Waals surface area contributed by atoms with E-state index >= 15 is 0 Å². The highest BCUT2D eigenvalue weighted by Gasteiger charge is 2.24. The third-order valence-electron chi connectivity index (χ3n) is 4.48. The summed E-state index contributed by atoms with van der Waals surface area (Å²) in [6.45, 7) is 3.85. The van der Waals surface area contributed by atoms with Gasteiger partial charge in [-0.25, -0.2) is 4.57 Å². The van der Waals surface area contributed by atoms with Crippen molar-refractivity contribution in [3.05, 3.63) is 0 Å². The van der Waals surface area contributed by atoms with Gasteiger partial charge in [0.05, 0.1) is 19.8 Å². The topological polar surface area (TPSA) is 85.2 Å². The molecule has 2 unspecified atom stereocenters. The molecule has 0 aliphatic heterocycles. The summed E-state index contributed by atoms with van der Waals surface area (Å²) in [4.78, 5) is 9.56. The van der Waals surface area contributed by atoms with Gasteiger partial charge in [-0.05, 0) is 13.3 Å². The Labute approximate surface area is 166 Å². The van der Waals surface area contributed by atoms with Crippen LogP contribution in [0.1, 0.15) is 104 Å². The zero-order valence-electron chi connectivity index (χ0n) is 17.6. The Morgan fingerprint density at radius 2 is 1.22 bits per heavy atom. The highest BCUT2D eigenvalue weighted by molar-refractivity contribution is 7.47. The van der Waals surface area contributed by atoms with Gasteiger partial charge in [0.15, 0.2) is 6.29 Å². The summed E-state index contributed by atoms with van der Waals surface area (Å²) >= 11 is 0. The number of aliphatic hydroxyl groups is 1. The summed E-state index contributed by atoms with van der Waals surface area (Å²) in [5.74, 6) is 0. The van der Waals surface area contributed by atoms with Crippen LogP contribution in [0.15, 0.2) is 0 Å². The van der Waals surface area contributed by atoms with Crippen LogP contribution in [0.3, 0.4) is 0 Å². The van der Waals surface area contributed by atoms with Gasteiger partial charge in [0.25, 0.3) is 0 Å². The van der Waals surface area contributed by atoms with E-state index in [1.165, 1.54) is 77.6 Å². The number of unbranched alkanes of at least 4 members (excludes halogenated alkanes) is 13. The summed E-state index contributed by atoms with van der Waals surface area (Å²) in [5.41, 5.74) is 0. The highest BCUT2D eigenvalue weighted by atomic mass is 31.2. The van der Waals surface area contributed by atoms with E-state index < -0.39 is 14.1 Å². The molecular weight excluding hydrogens is 367 g/mol. The van der Waals surface area contributed by atoms with Crippen LogP contribution in [-0.4, -0.2) is 36.1 Å². The first kappa shape index (κ1) is 27.0. The first-order valence-electron chi connectivity index (χ1n) is 10.9. The number of ether oxygens (including phenoxy) is 1. The van der Waals surface area contributed by atoms with Crippen LogP contribution in [0, 0.1) is 0 Å². The molecule has 0 bridgehead atoms. The summed E-state index contributed by atoms with van der Waals surface area (Å²) < 4.78 is 26.4. The van der Waals surface area contributed by atoms with Crippen molar-refractivity contribution < 1.29 is 28.3 Å². The molecule has 2 N–H and O–H groups in total. The number of hydrogen-bond acceptors (Lipinski definition) is 5. The van der Waals surface area contributed by atoms with Gasteiger partial charge < -0.3 is 14.7 Å². The van der Waals surface area contributed by atoms with Crippen LogP contribution in [0.4, 0.5) is 0 Å². The number of aliphatic hydroxyl groups excluding tert-OH is 1. The lowest BCUT2D eigenvalue weighted by Gasteiger charge is -2.17. The van der Waals surface area contributed by atoms with Crippen molar-refractivity contribution in [1.29, 1.82) is 0 Å². The van der Waals surface area contributed by atoms with Gasteiger partial charge in [-0.3, -0.25) is 9.05 Å². The molecule has 0 aromatic heterocycles. The molecule has 164 valence electrons. The van der Waals surface area contributed by atoms with Crippen LogP contribution in [-0.2, 0) is 18.3 Å². The third kappa shape index (κ3) is 20.6. The van der Waals surface area contributed by atoms with Crippen LogP contribution < -0.4 is 0 Å². The van der Waals surface area contributed by atoms with Gasteiger partial charge in [-0.2, -0.15) is 0 Å². The Morgan fingerprint density at radius 3 is 1.67 bits per heavy atom. The Kier molecular flexibility index (Phi) is 19.4. The van der Waals surface area contributed by atoms with Crippen molar-refractivity contribution in [2.45, 2.75) is 110 Å². The monoisotopic (exact) mass is 410 g/mol. The lowest BCUT2D eigenvalue weighted by atomic mass is 10.0. The maximum Gasteiger partial charge on any atom is 0.474 e. The Hall–Kier alpha value is 0.0300. The molecule has 0 saturated heterocycles. The molecule has 0 aromatic rings. The molecule has 27 heavy (non-hydrogen) atoms.